The smallest absolute Gasteiger partial charge is 0.124 e. The minimum absolute atomic E-state index is 0.0413. The molecule has 1 rings (SSSR count). The molecule has 0 aromatic heterocycles. The molecule has 0 spiro atoms. The van der Waals surface area contributed by atoms with Crippen molar-refractivity contribution in [3.8, 4) is 11.5 Å². The van der Waals surface area contributed by atoms with E-state index in [1.54, 1.807) is 32.4 Å². The maximum Gasteiger partial charge on any atom is 0.124 e. The number of hydrogen-bond acceptors (Lipinski definition) is 3. The molecule has 0 bridgehead atoms. The summed E-state index contributed by atoms with van der Waals surface area (Å²) in [5, 5.41) is 8.93. The lowest BCUT2D eigenvalue weighted by Gasteiger charge is -2.07. The van der Waals surface area contributed by atoms with E-state index < -0.39 is 0 Å². The monoisotopic (exact) mass is 198 g/mol. The minimum atomic E-state index is -0.0413. The van der Waals surface area contributed by atoms with E-state index >= 15 is 0 Å². The minimum Gasteiger partial charge on any atom is -0.497 e. The summed E-state index contributed by atoms with van der Waals surface area (Å²) in [6.07, 6.45) is 0. The van der Waals surface area contributed by atoms with E-state index in [-0.39, 0.29) is 6.61 Å². The number of hydrogen-bond donors (Lipinski definition) is 1. The van der Waals surface area contributed by atoms with Crippen molar-refractivity contribution < 1.29 is 14.6 Å². The second-order valence-corrected chi connectivity index (χ2v) is 2.34. The second-order valence-electron chi connectivity index (χ2n) is 2.34. The molecule has 0 radical (unpaired) electrons. The summed E-state index contributed by atoms with van der Waals surface area (Å²) < 4.78 is 10.0. The summed E-state index contributed by atoms with van der Waals surface area (Å²) in [6, 6.07) is 5.31. The molecular formula is C11H18O3. The first-order chi connectivity index (χ1) is 6.81. The average Bonchev–Trinajstić information content (AvgIpc) is 2.30. The molecule has 1 N–H and O–H groups in total. The Morgan fingerprint density at radius 3 is 2.21 bits per heavy atom. The van der Waals surface area contributed by atoms with Crippen LogP contribution in [0.25, 0.3) is 0 Å². The summed E-state index contributed by atoms with van der Waals surface area (Å²) >= 11 is 0. The standard InChI is InChI=1S/C9H12O3.C2H6/c1-11-8-3-4-9(12-2)7(5-8)6-10;1-2/h3-5,10H,6H2,1-2H3;1-2H3. The van der Waals surface area contributed by atoms with Gasteiger partial charge in [-0.25, -0.2) is 0 Å². The van der Waals surface area contributed by atoms with Crippen LogP contribution in [0.5, 0.6) is 11.5 Å². The molecule has 0 saturated carbocycles. The molecule has 3 nitrogen and oxygen atoms in total. The first-order valence-electron chi connectivity index (χ1n) is 4.63. The van der Waals surface area contributed by atoms with Crippen molar-refractivity contribution in [3.63, 3.8) is 0 Å². The molecule has 1 aromatic rings. The maximum atomic E-state index is 8.93. The number of ether oxygens (including phenoxy) is 2. The summed E-state index contributed by atoms with van der Waals surface area (Å²) in [5.41, 5.74) is 0.733. The largest absolute Gasteiger partial charge is 0.497 e. The quantitative estimate of drug-likeness (QED) is 0.809. The molecule has 1 aromatic carbocycles. The first kappa shape index (κ1) is 12.8. The maximum absolute atomic E-state index is 8.93. The van der Waals surface area contributed by atoms with E-state index in [0.717, 1.165) is 11.3 Å². The number of rotatable bonds is 3. The Balaban J connectivity index is 0.000000791. The van der Waals surface area contributed by atoms with E-state index in [1.807, 2.05) is 13.8 Å². The highest BCUT2D eigenvalue weighted by Gasteiger charge is 2.02. The van der Waals surface area contributed by atoms with Crippen molar-refractivity contribution in [1.29, 1.82) is 0 Å². The van der Waals surface area contributed by atoms with Crippen molar-refractivity contribution in [3.05, 3.63) is 23.8 Å². The number of methoxy groups -OCH3 is 2. The third-order valence-electron chi connectivity index (χ3n) is 1.66. The van der Waals surface area contributed by atoms with Gasteiger partial charge in [-0.3, -0.25) is 0 Å². The van der Waals surface area contributed by atoms with Crippen molar-refractivity contribution in [2.45, 2.75) is 20.5 Å². The Morgan fingerprint density at radius 2 is 1.79 bits per heavy atom. The molecule has 0 aliphatic rings. The lowest BCUT2D eigenvalue weighted by Crippen LogP contribution is -1.92. The van der Waals surface area contributed by atoms with Gasteiger partial charge in [0, 0.05) is 5.56 Å². The highest BCUT2D eigenvalue weighted by Crippen LogP contribution is 2.23. The summed E-state index contributed by atoms with van der Waals surface area (Å²) in [4.78, 5) is 0. The van der Waals surface area contributed by atoms with Gasteiger partial charge in [-0.1, -0.05) is 13.8 Å². The Bertz CT molecular complexity index is 259. The van der Waals surface area contributed by atoms with Crippen molar-refractivity contribution in [2.75, 3.05) is 14.2 Å². The topological polar surface area (TPSA) is 38.7 Å². The molecule has 0 amide bonds. The molecule has 0 heterocycles. The van der Waals surface area contributed by atoms with Gasteiger partial charge in [0.1, 0.15) is 11.5 Å². The molecule has 80 valence electrons. The van der Waals surface area contributed by atoms with Crippen LogP contribution in [0, 0.1) is 0 Å². The highest BCUT2D eigenvalue weighted by atomic mass is 16.5. The Labute approximate surface area is 85.3 Å². The fourth-order valence-electron chi connectivity index (χ4n) is 1.01. The summed E-state index contributed by atoms with van der Waals surface area (Å²) in [6.45, 7) is 3.96. The zero-order valence-electron chi connectivity index (χ0n) is 9.20. The first-order valence-corrected chi connectivity index (χ1v) is 4.63. The van der Waals surface area contributed by atoms with Crippen molar-refractivity contribution in [1.82, 2.24) is 0 Å². The third-order valence-corrected chi connectivity index (χ3v) is 1.66. The van der Waals surface area contributed by atoms with Gasteiger partial charge in [-0.15, -0.1) is 0 Å². The third kappa shape index (κ3) is 3.26. The molecule has 0 aliphatic heterocycles. The van der Waals surface area contributed by atoms with Gasteiger partial charge in [-0.2, -0.15) is 0 Å². The van der Waals surface area contributed by atoms with Crippen LogP contribution in [0.4, 0.5) is 0 Å². The average molecular weight is 198 g/mol. The summed E-state index contributed by atoms with van der Waals surface area (Å²) in [7, 11) is 3.16. The lowest BCUT2D eigenvalue weighted by atomic mass is 10.2. The van der Waals surface area contributed by atoms with Crippen LogP contribution in [-0.4, -0.2) is 19.3 Å². The van der Waals surface area contributed by atoms with Gasteiger partial charge in [0.15, 0.2) is 0 Å². The Kier molecular flexibility index (Phi) is 6.58. The molecule has 0 unspecified atom stereocenters. The zero-order chi connectivity index (χ0) is 11.0. The molecule has 3 heteroatoms. The number of aliphatic hydroxyl groups is 1. The predicted molar refractivity (Wildman–Crippen MR) is 56.8 cm³/mol. The van der Waals surface area contributed by atoms with E-state index in [4.69, 9.17) is 14.6 Å². The Hall–Kier alpha value is -1.22. The van der Waals surface area contributed by atoms with Gasteiger partial charge in [-0.05, 0) is 18.2 Å². The van der Waals surface area contributed by atoms with E-state index in [9.17, 15) is 0 Å². The molecule has 0 atom stereocenters. The highest BCUT2D eigenvalue weighted by molar-refractivity contribution is 5.39. The SMILES string of the molecule is CC.COc1ccc(OC)c(CO)c1. The van der Waals surface area contributed by atoms with Crippen LogP contribution < -0.4 is 9.47 Å². The number of benzene rings is 1. The molecular weight excluding hydrogens is 180 g/mol. The van der Waals surface area contributed by atoms with Gasteiger partial charge >= 0.3 is 0 Å². The van der Waals surface area contributed by atoms with Crippen LogP contribution in [0.15, 0.2) is 18.2 Å². The van der Waals surface area contributed by atoms with Crippen molar-refractivity contribution in [2.24, 2.45) is 0 Å². The van der Waals surface area contributed by atoms with Crippen LogP contribution >= 0.6 is 0 Å². The van der Waals surface area contributed by atoms with Crippen LogP contribution in [0.2, 0.25) is 0 Å². The second kappa shape index (κ2) is 7.21. The normalized spacial score (nSPS) is 8.64. The zero-order valence-corrected chi connectivity index (χ0v) is 9.20. The molecule has 0 saturated heterocycles. The molecule has 0 fully saturated rings. The fourth-order valence-corrected chi connectivity index (χ4v) is 1.01. The number of aliphatic hydroxyl groups excluding tert-OH is 1. The van der Waals surface area contributed by atoms with E-state index in [0.29, 0.717) is 5.75 Å². The lowest BCUT2D eigenvalue weighted by molar-refractivity contribution is 0.272. The summed E-state index contributed by atoms with van der Waals surface area (Å²) in [5.74, 6) is 1.40. The fraction of sp³-hybridized carbons (Fsp3) is 0.455. The van der Waals surface area contributed by atoms with Crippen LogP contribution in [-0.2, 0) is 6.61 Å². The van der Waals surface area contributed by atoms with Crippen LogP contribution in [0.1, 0.15) is 19.4 Å². The van der Waals surface area contributed by atoms with Gasteiger partial charge < -0.3 is 14.6 Å². The van der Waals surface area contributed by atoms with Gasteiger partial charge in [0.25, 0.3) is 0 Å². The molecule has 0 aliphatic carbocycles. The van der Waals surface area contributed by atoms with Crippen molar-refractivity contribution >= 4 is 0 Å². The van der Waals surface area contributed by atoms with E-state index in [1.165, 1.54) is 0 Å². The van der Waals surface area contributed by atoms with Gasteiger partial charge in [0.2, 0.25) is 0 Å². The Morgan fingerprint density at radius 1 is 1.14 bits per heavy atom. The van der Waals surface area contributed by atoms with E-state index in [2.05, 4.69) is 0 Å². The van der Waals surface area contributed by atoms with Crippen LogP contribution in [0.3, 0.4) is 0 Å². The molecule has 14 heavy (non-hydrogen) atoms. The van der Waals surface area contributed by atoms with Gasteiger partial charge in [0.05, 0.1) is 20.8 Å². The predicted octanol–water partition coefficient (Wildman–Crippen LogP) is 2.22.